The topological polar surface area (TPSA) is 39.2 Å². The van der Waals surface area contributed by atoms with E-state index in [0.717, 1.165) is 19.2 Å². The molecule has 0 saturated carbocycles. The number of ether oxygens (including phenoxy) is 1. The van der Waals surface area contributed by atoms with E-state index in [1.54, 1.807) is 0 Å². The minimum absolute atomic E-state index is 0.348. The van der Waals surface area contributed by atoms with Gasteiger partial charge in [0.2, 0.25) is 0 Å². The molecule has 0 aliphatic carbocycles. The van der Waals surface area contributed by atoms with Gasteiger partial charge in [0.05, 0.1) is 17.0 Å². The molecule has 0 unspecified atom stereocenters. The lowest BCUT2D eigenvalue weighted by Crippen LogP contribution is -2.02. The number of halogens is 2. The first-order valence-corrected chi connectivity index (χ1v) is 7.34. The van der Waals surface area contributed by atoms with E-state index in [-0.39, 0.29) is 0 Å². The van der Waals surface area contributed by atoms with Crippen LogP contribution in [0.1, 0.15) is 15.5 Å². The minimum Gasteiger partial charge on any atom is -0.464 e. The molecule has 0 atom stereocenters. The highest BCUT2D eigenvalue weighted by Crippen LogP contribution is 2.41. The SMILES string of the molecule is COC(=O)c1nc(C)sc1-c1cc(Br)c(Cl)s1. The van der Waals surface area contributed by atoms with Gasteiger partial charge in [-0.1, -0.05) is 11.6 Å². The third kappa shape index (κ3) is 2.54. The summed E-state index contributed by atoms with van der Waals surface area (Å²) in [6.07, 6.45) is 0. The van der Waals surface area contributed by atoms with E-state index in [1.807, 2.05) is 13.0 Å². The summed E-state index contributed by atoms with van der Waals surface area (Å²) in [4.78, 5) is 17.5. The van der Waals surface area contributed by atoms with E-state index >= 15 is 0 Å². The zero-order chi connectivity index (χ0) is 12.6. The fourth-order valence-corrected chi connectivity index (χ4v) is 4.00. The highest BCUT2D eigenvalue weighted by Gasteiger charge is 2.20. The summed E-state index contributed by atoms with van der Waals surface area (Å²) in [5.74, 6) is -0.426. The Morgan fingerprint density at radius 1 is 1.53 bits per heavy atom. The number of carbonyl (C=O) groups is 1. The van der Waals surface area contributed by atoms with Gasteiger partial charge in [0.1, 0.15) is 4.34 Å². The first-order chi connectivity index (χ1) is 8.02. The molecule has 0 saturated heterocycles. The summed E-state index contributed by atoms with van der Waals surface area (Å²) in [6, 6.07) is 1.88. The standard InChI is InChI=1S/C10H7BrClNO2S2/c1-4-13-7(10(14)15-2)8(16-4)6-3-5(11)9(12)17-6/h3H,1-2H3. The molecule has 17 heavy (non-hydrogen) atoms. The molecule has 90 valence electrons. The van der Waals surface area contributed by atoms with Crippen LogP contribution in [0.5, 0.6) is 0 Å². The molecule has 0 bridgehead atoms. The van der Waals surface area contributed by atoms with E-state index in [1.165, 1.54) is 29.8 Å². The Kier molecular flexibility index (Phi) is 3.87. The summed E-state index contributed by atoms with van der Waals surface area (Å²) in [7, 11) is 1.35. The van der Waals surface area contributed by atoms with Crippen LogP contribution in [0.2, 0.25) is 4.34 Å². The first-order valence-electron chi connectivity index (χ1n) is 4.54. The van der Waals surface area contributed by atoms with E-state index in [0.29, 0.717) is 10.0 Å². The maximum absolute atomic E-state index is 11.6. The van der Waals surface area contributed by atoms with Crippen molar-refractivity contribution in [2.45, 2.75) is 6.92 Å². The zero-order valence-electron chi connectivity index (χ0n) is 8.91. The average molecular weight is 353 g/mol. The van der Waals surface area contributed by atoms with Crippen LogP contribution in [0.15, 0.2) is 10.5 Å². The van der Waals surface area contributed by atoms with Crippen LogP contribution < -0.4 is 0 Å². The molecule has 2 aromatic rings. The molecule has 0 radical (unpaired) electrons. The quantitative estimate of drug-likeness (QED) is 0.753. The van der Waals surface area contributed by atoms with Crippen LogP contribution >= 0.6 is 50.2 Å². The van der Waals surface area contributed by atoms with E-state index in [9.17, 15) is 4.79 Å². The monoisotopic (exact) mass is 351 g/mol. The number of thiazole rings is 1. The van der Waals surface area contributed by atoms with Crippen LogP contribution in [0.4, 0.5) is 0 Å². The van der Waals surface area contributed by atoms with E-state index < -0.39 is 5.97 Å². The lowest BCUT2D eigenvalue weighted by Gasteiger charge is -1.97. The van der Waals surface area contributed by atoms with Gasteiger partial charge in [-0.3, -0.25) is 0 Å². The van der Waals surface area contributed by atoms with Gasteiger partial charge in [0.25, 0.3) is 0 Å². The Labute approximate surface area is 120 Å². The number of hydrogen-bond donors (Lipinski definition) is 0. The van der Waals surface area contributed by atoms with Crippen LogP contribution in [0, 0.1) is 6.92 Å². The van der Waals surface area contributed by atoms with Crippen molar-refractivity contribution in [2.75, 3.05) is 7.11 Å². The summed E-state index contributed by atoms with van der Waals surface area (Å²) in [6.45, 7) is 1.85. The molecule has 0 spiro atoms. The van der Waals surface area contributed by atoms with Crippen molar-refractivity contribution in [3.8, 4) is 9.75 Å². The van der Waals surface area contributed by atoms with Crippen molar-refractivity contribution < 1.29 is 9.53 Å². The molecule has 2 aromatic heterocycles. The number of aromatic nitrogens is 1. The van der Waals surface area contributed by atoms with E-state index in [4.69, 9.17) is 16.3 Å². The molecular formula is C10H7BrClNO2S2. The normalized spacial score (nSPS) is 10.6. The maximum atomic E-state index is 11.6. The van der Waals surface area contributed by atoms with Crippen LogP contribution in [-0.2, 0) is 4.74 Å². The summed E-state index contributed by atoms with van der Waals surface area (Å²) in [5, 5.41) is 0.820. The second-order valence-electron chi connectivity index (χ2n) is 3.13. The van der Waals surface area contributed by atoms with Gasteiger partial charge in [-0.05, 0) is 28.9 Å². The number of nitrogens with zero attached hydrogens (tertiary/aromatic N) is 1. The largest absolute Gasteiger partial charge is 0.464 e. The number of aryl methyl sites for hydroxylation is 1. The van der Waals surface area contributed by atoms with Gasteiger partial charge < -0.3 is 4.74 Å². The summed E-state index contributed by atoms with van der Waals surface area (Å²) < 4.78 is 6.19. The molecule has 0 N–H and O–H groups in total. The Hall–Kier alpha value is -0.430. The Bertz CT molecular complexity index is 559. The zero-order valence-corrected chi connectivity index (χ0v) is 12.9. The number of rotatable bonds is 2. The van der Waals surface area contributed by atoms with Gasteiger partial charge in [-0.15, -0.1) is 22.7 Å². The molecule has 0 aromatic carbocycles. The Balaban J connectivity index is 2.55. The third-order valence-electron chi connectivity index (χ3n) is 1.98. The predicted molar refractivity (Wildman–Crippen MR) is 74.2 cm³/mol. The molecule has 3 nitrogen and oxygen atoms in total. The fraction of sp³-hybridized carbons (Fsp3) is 0.200. The van der Waals surface area contributed by atoms with Crippen LogP contribution in [0.3, 0.4) is 0 Å². The number of thiophene rings is 1. The van der Waals surface area contributed by atoms with Gasteiger partial charge in [0.15, 0.2) is 5.69 Å². The number of methoxy groups -OCH3 is 1. The number of esters is 1. The van der Waals surface area contributed by atoms with Crippen molar-refractivity contribution in [1.29, 1.82) is 0 Å². The Morgan fingerprint density at radius 3 is 2.76 bits per heavy atom. The van der Waals surface area contributed by atoms with Crippen LogP contribution in [-0.4, -0.2) is 18.1 Å². The minimum atomic E-state index is -0.426. The molecule has 0 fully saturated rings. The molecule has 7 heteroatoms. The van der Waals surface area contributed by atoms with Gasteiger partial charge in [-0.25, -0.2) is 9.78 Å². The lowest BCUT2D eigenvalue weighted by molar-refractivity contribution is 0.0595. The van der Waals surface area contributed by atoms with E-state index in [2.05, 4.69) is 20.9 Å². The second-order valence-corrected chi connectivity index (χ2v) is 6.85. The molecular weight excluding hydrogens is 346 g/mol. The number of carbonyl (C=O) groups excluding carboxylic acids is 1. The second kappa shape index (κ2) is 5.06. The van der Waals surface area contributed by atoms with Crippen molar-refractivity contribution in [1.82, 2.24) is 4.98 Å². The molecule has 0 amide bonds. The van der Waals surface area contributed by atoms with Crippen molar-refractivity contribution in [3.63, 3.8) is 0 Å². The third-order valence-corrected chi connectivity index (χ3v) is 5.61. The fourth-order valence-electron chi connectivity index (χ4n) is 1.29. The first kappa shape index (κ1) is 13.0. The van der Waals surface area contributed by atoms with Crippen molar-refractivity contribution in [3.05, 3.63) is 25.6 Å². The van der Waals surface area contributed by atoms with Gasteiger partial charge in [0, 0.05) is 9.35 Å². The maximum Gasteiger partial charge on any atom is 0.358 e. The highest BCUT2D eigenvalue weighted by molar-refractivity contribution is 9.10. The van der Waals surface area contributed by atoms with Gasteiger partial charge >= 0.3 is 5.97 Å². The summed E-state index contributed by atoms with van der Waals surface area (Å²) >= 11 is 12.2. The lowest BCUT2D eigenvalue weighted by atomic mass is 10.3. The molecule has 0 aliphatic rings. The molecule has 2 heterocycles. The highest BCUT2D eigenvalue weighted by atomic mass is 79.9. The number of hydrogen-bond acceptors (Lipinski definition) is 5. The van der Waals surface area contributed by atoms with Crippen LogP contribution in [0.25, 0.3) is 9.75 Å². The smallest absolute Gasteiger partial charge is 0.358 e. The van der Waals surface area contributed by atoms with Crippen molar-refractivity contribution in [2.24, 2.45) is 0 Å². The summed E-state index contributed by atoms with van der Waals surface area (Å²) in [5.41, 5.74) is 0.348. The van der Waals surface area contributed by atoms with Gasteiger partial charge in [-0.2, -0.15) is 0 Å². The van der Waals surface area contributed by atoms with Crippen molar-refractivity contribution >= 4 is 56.2 Å². The molecule has 0 aliphatic heterocycles. The Morgan fingerprint density at radius 2 is 2.24 bits per heavy atom. The average Bonchev–Trinajstić information content (AvgIpc) is 2.82. The molecule has 2 rings (SSSR count). The predicted octanol–water partition coefficient (Wildman–Crippen LogP) is 4.38.